The molecule has 270 valence electrons. The predicted octanol–water partition coefficient (Wildman–Crippen LogP) is 6.40. The smallest absolute Gasteiger partial charge is 0.319 e. The highest BCUT2D eigenvalue weighted by Crippen LogP contribution is 2.50. The number of amides is 1. The van der Waals surface area contributed by atoms with Crippen LogP contribution in [0.2, 0.25) is 5.02 Å². The van der Waals surface area contributed by atoms with Crippen molar-refractivity contribution in [1.82, 2.24) is 29.5 Å². The SMILES string of the molecule is COCOc1cc(Cl)c(C2CC2)c(-c2c(F)cc3c(N4CCCn5nc(C(=O)N(C)C)cc5C4)nc(OCC45CCCN4CCC5)nc3c2F)c1. The lowest BCUT2D eigenvalue weighted by Crippen LogP contribution is -2.43. The Morgan fingerprint density at radius 1 is 1.02 bits per heavy atom. The van der Waals surface area contributed by atoms with Gasteiger partial charge in [-0.1, -0.05) is 11.6 Å². The fourth-order valence-electron chi connectivity index (χ4n) is 8.15. The van der Waals surface area contributed by atoms with E-state index in [1.807, 2.05) is 9.58 Å². The number of hydrogen-bond acceptors (Lipinski definition) is 9. The number of anilines is 1. The van der Waals surface area contributed by atoms with Crippen molar-refractivity contribution in [2.24, 2.45) is 0 Å². The Labute approximate surface area is 300 Å². The van der Waals surface area contributed by atoms with Crippen LogP contribution in [0.5, 0.6) is 11.8 Å². The van der Waals surface area contributed by atoms with Crippen molar-refractivity contribution >= 4 is 34.2 Å². The van der Waals surface area contributed by atoms with E-state index in [1.54, 1.807) is 32.3 Å². The summed E-state index contributed by atoms with van der Waals surface area (Å²) in [6, 6.07) is 6.42. The second kappa shape index (κ2) is 13.5. The van der Waals surface area contributed by atoms with E-state index < -0.39 is 11.6 Å². The van der Waals surface area contributed by atoms with Crippen LogP contribution < -0.4 is 14.4 Å². The van der Waals surface area contributed by atoms with Crippen LogP contribution in [0.1, 0.15) is 72.6 Å². The lowest BCUT2D eigenvalue weighted by Gasteiger charge is -2.31. The third kappa shape index (κ3) is 6.27. The number of aromatic nitrogens is 4. The van der Waals surface area contributed by atoms with Gasteiger partial charge in [-0.15, -0.1) is 0 Å². The van der Waals surface area contributed by atoms with Crippen LogP contribution >= 0.6 is 11.6 Å². The van der Waals surface area contributed by atoms with Gasteiger partial charge in [0.15, 0.2) is 18.3 Å². The Kier molecular flexibility index (Phi) is 9.00. The Morgan fingerprint density at radius 2 is 1.80 bits per heavy atom. The summed E-state index contributed by atoms with van der Waals surface area (Å²) in [5, 5.41) is 5.18. The molecule has 14 heteroatoms. The summed E-state index contributed by atoms with van der Waals surface area (Å²) >= 11 is 6.76. The number of carbonyl (C=O) groups excluding carboxylic acids is 1. The zero-order valence-electron chi connectivity index (χ0n) is 29.2. The second-order valence-electron chi connectivity index (χ2n) is 14.4. The number of aryl methyl sites for hydroxylation is 1. The molecule has 0 spiro atoms. The molecule has 2 aromatic carbocycles. The molecular formula is C37H42ClF2N7O4. The maximum Gasteiger partial charge on any atom is 0.319 e. The van der Waals surface area contributed by atoms with Gasteiger partial charge in [-0.2, -0.15) is 15.1 Å². The minimum absolute atomic E-state index is 0.0408. The molecule has 2 saturated heterocycles. The molecule has 0 radical (unpaired) electrons. The zero-order chi connectivity index (χ0) is 35.4. The Balaban J connectivity index is 1.25. The Bertz CT molecular complexity index is 1990. The van der Waals surface area contributed by atoms with Crippen molar-refractivity contribution in [3.63, 3.8) is 0 Å². The van der Waals surface area contributed by atoms with Gasteiger partial charge in [0.1, 0.15) is 29.5 Å². The third-order valence-corrected chi connectivity index (χ3v) is 11.1. The number of fused-ring (bicyclic) bond motifs is 3. The molecule has 8 rings (SSSR count). The first-order chi connectivity index (χ1) is 24.7. The van der Waals surface area contributed by atoms with Crippen molar-refractivity contribution in [2.75, 3.05) is 59.1 Å². The summed E-state index contributed by atoms with van der Waals surface area (Å²) in [6.45, 7) is 3.84. The van der Waals surface area contributed by atoms with Crippen LogP contribution in [0.3, 0.4) is 0 Å². The van der Waals surface area contributed by atoms with Gasteiger partial charge < -0.3 is 24.0 Å². The number of methoxy groups -OCH3 is 1. The molecule has 1 amide bonds. The maximum atomic E-state index is 17.2. The third-order valence-electron chi connectivity index (χ3n) is 10.8. The molecule has 1 aliphatic carbocycles. The van der Waals surface area contributed by atoms with Crippen molar-refractivity contribution in [1.29, 1.82) is 0 Å². The number of ether oxygens (including phenoxy) is 3. The molecule has 0 unspecified atom stereocenters. The summed E-state index contributed by atoms with van der Waals surface area (Å²) < 4.78 is 52.7. The molecular weight excluding hydrogens is 680 g/mol. The van der Waals surface area contributed by atoms with Gasteiger partial charge in [0, 0.05) is 44.7 Å². The Hall–Kier alpha value is -4.07. The Morgan fingerprint density at radius 3 is 2.53 bits per heavy atom. The van der Waals surface area contributed by atoms with Crippen molar-refractivity contribution in [2.45, 2.75) is 69.5 Å². The summed E-state index contributed by atoms with van der Waals surface area (Å²) in [6.07, 6.45) is 6.66. The molecule has 0 bridgehead atoms. The molecule has 0 N–H and O–H groups in total. The average Bonchev–Trinajstić information content (AvgIpc) is 3.63. The molecule has 51 heavy (non-hydrogen) atoms. The van der Waals surface area contributed by atoms with Gasteiger partial charge in [0.2, 0.25) is 0 Å². The summed E-state index contributed by atoms with van der Waals surface area (Å²) in [5.74, 6) is -0.982. The van der Waals surface area contributed by atoms with E-state index in [9.17, 15) is 4.79 Å². The van der Waals surface area contributed by atoms with Crippen LogP contribution in [0.25, 0.3) is 22.0 Å². The van der Waals surface area contributed by atoms with E-state index in [2.05, 4.69) is 15.0 Å². The zero-order valence-corrected chi connectivity index (χ0v) is 29.9. The molecule has 2 aromatic heterocycles. The van der Waals surface area contributed by atoms with Gasteiger partial charge in [0.05, 0.1) is 23.3 Å². The first-order valence-electron chi connectivity index (χ1n) is 17.7. The summed E-state index contributed by atoms with van der Waals surface area (Å²) in [5.41, 5.74) is 1.81. The highest BCUT2D eigenvalue weighted by molar-refractivity contribution is 6.32. The first-order valence-corrected chi connectivity index (χ1v) is 18.1. The first kappa shape index (κ1) is 34.0. The minimum atomic E-state index is -0.819. The number of hydrogen-bond donors (Lipinski definition) is 0. The second-order valence-corrected chi connectivity index (χ2v) is 14.8. The van der Waals surface area contributed by atoms with Crippen molar-refractivity contribution in [3.8, 4) is 22.9 Å². The molecule has 3 aliphatic heterocycles. The van der Waals surface area contributed by atoms with E-state index in [0.717, 1.165) is 57.3 Å². The fourth-order valence-corrected chi connectivity index (χ4v) is 8.51. The van der Waals surface area contributed by atoms with E-state index in [-0.39, 0.29) is 46.6 Å². The van der Waals surface area contributed by atoms with Gasteiger partial charge in [-0.25, -0.2) is 8.78 Å². The topological polar surface area (TPSA) is 98.1 Å². The number of benzene rings is 2. The minimum Gasteiger partial charge on any atom is -0.467 e. The maximum absolute atomic E-state index is 17.2. The van der Waals surface area contributed by atoms with E-state index in [1.165, 1.54) is 18.1 Å². The summed E-state index contributed by atoms with van der Waals surface area (Å²) in [4.78, 5) is 28.2. The molecule has 4 aliphatic rings. The quantitative estimate of drug-likeness (QED) is 0.172. The van der Waals surface area contributed by atoms with E-state index in [4.69, 9.17) is 30.8 Å². The van der Waals surface area contributed by atoms with E-state index >= 15 is 8.78 Å². The van der Waals surface area contributed by atoms with Crippen LogP contribution in [-0.2, 0) is 17.8 Å². The fraction of sp³-hybridized carbons (Fsp3) is 0.514. The molecule has 5 heterocycles. The molecule has 1 saturated carbocycles. The lowest BCUT2D eigenvalue weighted by atomic mass is 9.94. The van der Waals surface area contributed by atoms with Crippen LogP contribution in [0, 0.1) is 11.6 Å². The van der Waals surface area contributed by atoms with Gasteiger partial charge in [-0.05, 0) is 99.3 Å². The standard InChI is InChI=1S/C37H42ClF2N7O4/c1-44(2)35(48)29-15-23-19-45(11-6-14-47(23)43-29)34-26-18-28(39)31(25-16-24(51-21-49-3)17-27(38)30(25)22-7-8-22)32(40)33(26)41-36(42-34)50-20-37-9-4-12-46(37)13-5-10-37/h15-18,22H,4-14,19-21H2,1-3H3. The number of carbonyl (C=O) groups is 1. The number of rotatable bonds is 10. The van der Waals surface area contributed by atoms with Crippen LogP contribution in [0.4, 0.5) is 14.6 Å². The highest BCUT2D eigenvalue weighted by atomic mass is 35.5. The van der Waals surface area contributed by atoms with Crippen LogP contribution in [-0.4, -0.2) is 95.2 Å². The van der Waals surface area contributed by atoms with Crippen molar-refractivity contribution in [3.05, 3.63) is 57.9 Å². The number of halogens is 3. The van der Waals surface area contributed by atoms with Gasteiger partial charge in [0.25, 0.3) is 5.91 Å². The van der Waals surface area contributed by atoms with Crippen molar-refractivity contribution < 1.29 is 27.8 Å². The molecule has 3 fully saturated rings. The predicted molar refractivity (Wildman–Crippen MR) is 189 cm³/mol. The molecule has 0 atom stereocenters. The monoisotopic (exact) mass is 721 g/mol. The number of nitrogens with zero attached hydrogens (tertiary/aromatic N) is 7. The molecule has 4 aromatic rings. The van der Waals surface area contributed by atoms with Crippen LogP contribution in [0.15, 0.2) is 24.3 Å². The lowest BCUT2D eigenvalue weighted by molar-refractivity contribution is 0.0511. The average molecular weight is 722 g/mol. The largest absolute Gasteiger partial charge is 0.467 e. The summed E-state index contributed by atoms with van der Waals surface area (Å²) in [7, 11) is 4.87. The molecule has 11 nitrogen and oxygen atoms in total. The highest BCUT2D eigenvalue weighted by Gasteiger charge is 2.45. The van der Waals surface area contributed by atoms with Gasteiger partial charge in [-0.3, -0.25) is 14.4 Å². The normalized spacial score (nSPS) is 18.5. The van der Waals surface area contributed by atoms with Gasteiger partial charge >= 0.3 is 6.01 Å². The van der Waals surface area contributed by atoms with E-state index in [0.29, 0.717) is 66.1 Å².